The third kappa shape index (κ3) is 5.34. The number of pyridine rings is 1. The molecule has 1 N–H and O–H groups in total. The van der Waals surface area contributed by atoms with E-state index in [2.05, 4.69) is 19.9 Å². The molecule has 140 valence electrons. The molecule has 0 aliphatic carbocycles. The van der Waals surface area contributed by atoms with E-state index >= 15 is 0 Å². The molecule has 1 aliphatic heterocycles. The average Bonchev–Trinajstić information content (AvgIpc) is 2.63. The lowest BCUT2D eigenvalue weighted by Gasteiger charge is -2.29. The van der Waals surface area contributed by atoms with Crippen molar-refractivity contribution < 1.29 is 22.6 Å². The molecule has 8 heteroatoms. The van der Waals surface area contributed by atoms with Crippen LogP contribution in [0.5, 0.6) is 5.75 Å². The Morgan fingerprint density at radius 2 is 1.81 bits per heavy atom. The van der Waals surface area contributed by atoms with Gasteiger partial charge < -0.3 is 19.7 Å². The minimum absolute atomic E-state index is 0.219. The molecule has 0 saturated carbocycles. The molecule has 0 spiro atoms. The summed E-state index contributed by atoms with van der Waals surface area (Å²) in [4.78, 5) is 6.68. The number of nitrogens with zero attached hydrogens (tertiary/aromatic N) is 2. The summed E-state index contributed by atoms with van der Waals surface area (Å²) in [5.74, 6) is 0.723. The normalized spacial score (nSPS) is 15.1. The lowest BCUT2D eigenvalue weighted by Crippen LogP contribution is -2.37. The summed E-state index contributed by atoms with van der Waals surface area (Å²) in [7, 11) is 0. The molecule has 0 bridgehead atoms. The van der Waals surface area contributed by atoms with Gasteiger partial charge in [-0.1, -0.05) is 18.2 Å². The largest absolute Gasteiger partial charge is 0.573 e. The highest BCUT2D eigenvalue weighted by atomic mass is 19.4. The van der Waals surface area contributed by atoms with Crippen LogP contribution >= 0.6 is 0 Å². The molecule has 0 atom stereocenters. The molecule has 1 aromatic heterocycles. The quantitative estimate of drug-likeness (QED) is 0.850. The van der Waals surface area contributed by atoms with Gasteiger partial charge in [0.05, 0.1) is 13.2 Å². The average molecular weight is 367 g/mol. The number of hydrogen-bond donors (Lipinski definition) is 1. The van der Waals surface area contributed by atoms with E-state index in [0.717, 1.165) is 30.0 Å². The Morgan fingerprint density at radius 3 is 2.50 bits per heavy atom. The molecule has 0 unspecified atom stereocenters. The van der Waals surface area contributed by atoms with Crippen molar-refractivity contribution in [2.24, 2.45) is 0 Å². The maximum absolute atomic E-state index is 12.2. The molecule has 2 aromatic rings. The van der Waals surface area contributed by atoms with Gasteiger partial charge in [-0.2, -0.15) is 0 Å². The van der Waals surface area contributed by atoms with Crippen molar-refractivity contribution >= 4 is 5.82 Å². The fraction of sp³-hybridized carbons (Fsp3) is 0.389. The highest BCUT2D eigenvalue weighted by molar-refractivity contribution is 5.47. The number of rotatable bonds is 6. The van der Waals surface area contributed by atoms with E-state index in [1.807, 2.05) is 12.1 Å². The molecular formula is C18H20F3N3O2. The van der Waals surface area contributed by atoms with Crippen molar-refractivity contribution in [1.82, 2.24) is 10.3 Å². The Balaban J connectivity index is 1.55. The van der Waals surface area contributed by atoms with Gasteiger partial charge in [-0.3, -0.25) is 0 Å². The SMILES string of the molecule is FC(F)(F)Oc1ccc(CNCc2cccnc2N2CCOCC2)cc1. The van der Waals surface area contributed by atoms with E-state index in [1.165, 1.54) is 12.1 Å². The monoisotopic (exact) mass is 367 g/mol. The number of nitrogens with one attached hydrogen (secondary N) is 1. The van der Waals surface area contributed by atoms with Gasteiger partial charge in [-0.05, 0) is 23.8 Å². The summed E-state index contributed by atoms with van der Waals surface area (Å²) in [5, 5.41) is 3.30. The summed E-state index contributed by atoms with van der Waals surface area (Å²) in [5.41, 5.74) is 1.95. The Kier molecular flexibility index (Phi) is 5.95. The van der Waals surface area contributed by atoms with Crippen LogP contribution in [0.4, 0.5) is 19.0 Å². The zero-order chi connectivity index (χ0) is 18.4. The molecule has 3 rings (SSSR count). The molecule has 1 aromatic carbocycles. The highest BCUT2D eigenvalue weighted by Crippen LogP contribution is 2.23. The molecule has 2 heterocycles. The molecule has 5 nitrogen and oxygen atoms in total. The predicted octanol–water partition coefficient (Wildman–Crippen LogP) is 3.11. The smallest absolute Gasteiger partial charge is 0.406 e. The number of ether oxygens (including phenoxy) is 2. The summed E-state index contributed by atoms with van der Waals surface area (Å²) >= 11 is 0. The van der Waals surface area contributed by atoms with Crippen molar-refractivity contribution in [2.45, 2.75) is 19.5 Å². The first kappa shape index (κ1) is 18.5. The van der Waals surface area contributed by atoms with Crippen LogP contribution in [0.1, 0.15) is 11.1 Å². The molecule has 1 saturated heterocycles. The molecular weight excluding hydrogens is 347 g/mol. The number of morpholine rings is 1. The topological polar surface area (TPSA) is 46.6 Å². The summed E-state index contributed by atoms with van der Waals surface area (Å²) in [6, 6.07) is 9.76. The van der Waals surface area contributed by atoms with Crippen LogP contribution in [0.25, 0.3) is 0 Å². The van der Waals surface area contributed by atoms with E-state index in [4.69, 9.17) is 4.74 Å². The predicted molar refractivity (Wildman–Crippen MR) is 90.9 cm³/mol. The summed E-state index contributed by atoms with van der Waals surface area (Å²) in [6.45, 7) is 4.14. The number of benzene rings is 1. The van der Waals surface area contributed by atoms with Crippen molar-refractivity contribution in [3.8, 4) is 5.75 Å². The molecule has 1 fully saturated rings. The summed E-state index contributed by atoms with van der Waals surface area (Å²) < 4.78 is 45.8. The van der Waals surface area contributed by atoms with Crippen LogP contribution in [0.15, 0.2) is 42.6 Å². The third-order valence-corrected chi connectivity index (χ3v) is 3.98. The van der Waals surface area contributed by atoms with Crippen molar-refractivity contribution in [2.75, 3.05) is 31.2 Å². The highest BCUT2D eigenvalue weighted by Gasteiger charge is 2.30. The lowest BCUT2D eigenvalue weighted by atomic mass is 10.2. The number of alkyl halides is 3. The minimum Gasteiger partial charge on any atom is -0.406 e. The Morgan fingerprint density at radius 1 is 1.08 bits per heavy atom. The maximum atomic E-state index is 12.2. The van der Waals surface area contributed by atoms with Crippen LogP contribution < -0.4 is 15.0 Å². The van der Waals surface area contributed by atoms with Gasteiger partial charge in [0.1, 0.15) is 11.6 Å². The Labute approximate surface area is 149 Å². The molecule has 0 amide bonds. The van der Waals surface area contributed by atoms with Crippen molar-refractivity contribution in [3.63, 3.8) is 0 Å². The zero-order valence-electron chi connectivity index (χ0n) is 14.1. The van der Waals surface area contributed by atoms with E-state index in [-0.39, 0.29) is 5.75 Å². The van der Waals surface area contributed by atoms with E-state index < -0.39 is 6.36 Å². The van der Waals surface area contributed by atoms with E-state index in [1.54, 1.807) is 18.3 Å². The minimum atomic E-state index is -4.67. The van der Waals surface area contributed by atoms with Gasteiger partial charge >= 0.3 is 6.36 Å². The number of halogens is 3. The first-order chi connectivity index (χ1) is 12.5. The van der Waals surface area contributed by atoms with E-state index in [0.29, 0.717) is 26.3 Å². The zero-order valence-corrected chi connectivity index (χ0v) is 14.1. The second kappa shape index (κ2) is 8.37. The fourth-order valence-corrected chi connectivity index (χ4v) is 2.78. The lowest BCUT2D eigenvalue weighted by molar-refractivity contribution is -0.274. The van der Waals surface area contributed by atoms with Gasteiger partial charge in [0.2, 0.25) is 0 Å². The number of aromatic nitrogens is 1. The Hall–Kier alpha value is -2.32. The van der Waals surface area contributed by atoms with Crippen LogP contribution in [-0.4, -0.2) is 37.6 Å². The van der Waals surface area contributed by atoms with Gasteiger partial charge in [0.15, 0.2) is 0 Å². The molecule has 0 radical (unpaired) electrons. The van der Waals surface area contributed by atoms with Crippen LogP contribution in [-0.2, 0) is 17.8 Å². The molecule has 1 aliphatic rings. The van der Waals surface area contributed by atoms with Gasteiger partial charge in [-0.15, -0.1) is 13.2 Å². The van der Waals surface area contributed by atoms with Crippen LogP contribution in [0.2, 0.25) is 0 Å². The standard InChI is InChI=1S/C18H20F3N3O2/c19-18(20,21)26-16-5-3-14(4-6-16)12-22-13-15-2-1-7-23-17(15)24-8-10-25-11-9-24/h1-7,22H,8-13H2. The number of hydrogen-bond acceptors (Lipinski definition) is 5. The first-order valence-electron chi connectivity index (χ1n) is 8.33. The van der Waals surface area contributed by atoms with Crippen molar-refractivity contribution in [1.29, 1.82) is 0 Å². The maximum Gasteiger partial charge on any atom is 0.573 e. The van der Waals surface area contributed by atoms with Crippen molar-refractivity contribution in [3.05, 3.63) is 53.7 Å². The Bertz CT molecular complexity index is 702. The number of anilines is 1. The van der Waals surface area contributed by atoms with E-state index in [9.17, 15) is 13.2 Å². The summed E-state index contributed by atoms with van der Waals surface area (Å²) in [6.07, 6.45) is -2.90. The third-order valence-electron chi connectivity index (χ3n) is 3.98. The first-order valence-corrected chi connectivity index (χ1v) is 8.33. The van der Waals surface area contributed by atoms with Gasteiger partial charge in [0, 0.05) is 37.9 Å². The van der Waals surface area contributed by atoms with Crippen LogP contribution in [0.3, 0.4) is 0 Å². The van der Waals surface area contributed by atoms with Gasteiger partial charge in [-0.25, -0.2) is 4.98 Å². The second-order valence-electron chi connectivity index (χ2n) is 5.88. The second-order valence-corrected chi connectivity index (χ2v) is 5.88. The molecule has 26 heavy (non-hydrogen) atoms. The fourth-order valence-electron chi connectivity index (χ4n) is 2.78. The van der Waals surface area contributed by atoms with Crippen LogP contribution in [0, 0.1) is 0 Å². The van der Waals surface area contributed by atoms with Gasteiger partial charge in [0.25, 0.3) is 0 Å².